The first kappa shape index (κ1) is 20.5. The van der Waals surface area contributed by atoms with Crippen LogP contribution in [0.15, 0.2) is 53.4 Å². The van der Waals surface area contributed by atoms with Crippen molar-refractivity contribution in [3.05, 3.63) is 64.7 Å². The van der Waals surface area contributed by atoms with Gasteiger partial charge in [0, 0.05) is 19.2 Å². The third kappa shape index (κ3) is 4.99. The lowest BCUT2D eigenvalue weighted by molar-refractivity contribution is -0.128. The molecule has 1 aliphatic heterocycles. The molecular formula is C20H20ClNO5S. The quantitative estimate of drug-likeness (QED) is 0.421. The summed E-state index contributed by atoms with van der Waals surface area (Å²) in [6, 6.07) is 11.5. The van der Waals surface area contributed by atoms with E-state index in [1.54, 1.807) is 30.3 Å². The molecule has 0 radical (unpaired) electrons. The Morgan fingerprint density at radius 3 is 2.50 bits per heavy atom. The van der Waals surface area contributed by atoms with E-state index in [4.69, 9.17) is 21.1 Å². The molecule has 1 saturated heterocycles. The van der Waals surface area contributed by atoms with Crippen LogP contribution in [0.2, 0.25) is 5.02 Å². The smallest absolute Gasteiger partial charge is 0.336 e. The Morgan fingerprint density at radius 2 is 1.82 bits per heavy atom. The van der Waals surface area contributed by atoms with E-state index in [-0.39, 0.29) is 4.90 Å². The molecule has 0 spiro atoms. The van der Waals surface area contributed by atoms with Crippen molar-refractivity contribution in [2.45, 2.75) is 11.8 Å². The van der Waals surface area contributed by atoms with Gasteiger partial charge in [0.05, 0.1) is 23.1 Å². The number of nitrogens with zero attached hydrogens (tertiary/aromatic N) is 1. The molecule has 0 amide bonds. The van der Waals surface area contributed by atoms with Crippen LogP contribution in [0.5, 0.6) is 5.75 Å². The molecule has 3 rings (SSSR count). The van der Waals surface area contributed by atoms with Crippen LogP contribution >= 0.6 is 11.6 Å². The number of hydrogen-bond acceptors (Lipinski definition) is 5. The van der Waals surface area contributed by atoms with Gasteiger partial charge < -0.3 is 9.47 Å². The predicted octanol–water partition coefficient (Wildman–Crippen LogP) is 3.29. The Labute approximate surface area is 169 Å². The van der Waals surface area contributed by atoms with Crippen molar-refractivity contribution in [2.24, 2.45) is 0 Å². The Hall–Kier alpha value is -2.19. The Bertz CT molecular complexity index is 980. The first-order valence-electron chi connectivity index (χ1n) is 8.70. The van der Waals surface area contributed by atoms with Gasteiger partial charge in [0.15, 0.2) is 0 Å². The average Bonchev–Trinajstić information content (AvgIpc) is 2.70. The minimum Gasteiger partial charge on any atom is -0.422 e. The SMILES string of the molecule is Cc1ccc(Cl)c(OC(=O)/C=C/c2ccc(S(=O)(=O)N3CCOCC3)cc2)c1. The number of hydrogen-bond donors (Lipinski definition) is 0. The summed E-state index contributed by atoms with van der Waals surface area (Å²) in [6.07, 6.45) is 2.82. The summed E-state index contributed by atoms with van der Waals surface area (Å²) in [7, 11) is -3.54. The number of halogens is 1. The lowest BCUT2D eigenvalue weighted by Gasteiger charge is -2.26. The van der Waals surface area contributed by atoms with Gasteiger partial charge in [-0.25, -0.2) is 13.2 Å². The molecule has 28 heavy (non-hydrogen) atoms. The van der Waals surface area contributed by atoms with Crippen LogP contribution < -0.4 is 4.74 Å². The summed E-state index contributed by atoms with van der Waals surface area (Å²) in [5.41, 5.74) is 1.60. The number of aryl methyl sites for hydroxylation is 1. The molecular weight excluding hydrogens is 402 g/mol. The van der Waals surface area contributed by atoms with Crippen LogP contribution in [0.25, 0.3) is 6.08 Å². The minimum absolute atomic E-state index is 0.209. The van der Waals surface area contributed by atoms with Gasteiger partial charge in [-0.3, -0.25) is 0 Å². The fraction of sp³-hybridized carbons (Fsp3) is 0.250. The molecule has 0 aromatic heterocycles. The maximum absolute atomic E-state index is 12.6. The summed E-state index contributed by atoms with van der Waals surface area (Å²) < 4.78 is 37.0. The number of morpholine rings is 1. The molecule has 1 aliphatic rings. The number of benzene rings is 2. The molecule has 1 heterocycles. The van der Waals surface area contributed by atoms with Crippen LogP contribution in [0.4, 0.5) is 0 Å². The van der Waals surface area contributed by atoms with Gasteiger partial charge in [-0.15, -0.1) is 0 Å². The van der Waals surface area contributed by atoms with E-state index in [2.05, 4.69) is 0 Å². The molecule has 0 saturated carbocycles. The second-order valence-electron chi connectivity index (χ2n) is 6.27. The van der Waals surface area contributed by atoms with E-state index in [1.165, 1.54) is 22.5 Å². The Morgan fingerprint density at radius 1 is 1.14 bits per heavy atom. The third-order valence-electron chi connectivity index (χ3n) is 4.20. The van der Waals surface area contributed by atoms with Crippen molar-refractivity contribution in [1.82, 2.24) is 4.31 Å². The molecule has 6 nitrogen and oxygen atoms in total. The molecule has 0 atom stereocenters. The van der Waals surface area contributed by atoms with Crippen LogP contribution in [0.3, 0.4) is 0 Å². The van der Waals surface area contributed by atoms with Gasteiger partial charge in [-0.2, -0.15) is 4.31 Å². The zero-order chi connectivity index (χ0) is 20.1. The van der Waals surface area contributed by atoms with E-state index < -0.39 is 16.0 Å². The highest BCUT2D eigenvalue weighted by molar-refractivity contribution is 7.89. The molecule has 1 fully saturated rings. The lowest BCUT2D eigenvalue weighted by atomic mass is 10.2. The highest BCUT2D eigenvalue weighted by Crippen LogP contribution is 2.25. The zero-order valence-corrected chi connectivity index (χ0v) is 16.9. The zero-order valence-electron chi connectivity index (χ0n) is 15.3. The highest BCUT2D eigenvalue weighted by Gasteiger charge is 2.25. The maximum Gasteiger partial charge on any atom is 0.336 e. The number of carbonyl (C=O) groups excluding carboxylic acids is 1. The molecule has 2 aromatic rings. The predicted molar refractivity (Wildman–Crippen MR) is 107 cm³/mol. The van der Waals surface area contributed by atoms with Crippen molar-refractivity contribution in [3.63, 3.8) is 0 Å². The standard InChI is InChI=1S/C20H20ClNO5S/c1-15-2-8-18(21)19(14-15)27-20(23)9-5-16-3-6-17(7-4-16)28(24,25)22-10-12-26-13-11-22/h2-9,14H,10-13H2,1H3/b9-5+. The number of ether oxygens (including phenoxy) is 2. The van der Waals surface area contributed by atoms with E-state index in [9.17, 15) is 13.2 Å². The van der Waals surface area contributed by atoms with Gasteiger partial charge in [-0.1, -0.05) is 29.8 Å². The third-order valence-corrected chi connectivity index (χ3v) is 6.42. The molecule has 8 heteroatoms. The van der Waals surface area contributed by atoms with Crippen LogP contribution in [-0.2, 0) is 19.6 Å². The number of sulfonamides is 1. The number of rotatable bonds is 5. The van der Waals surface area contributed by atoms with E-state index in [0.717, 1.165) is 5.56 Å². The maximum atomic E-state index is 12.6. The average molecular weight is 422 g/mol. The van der Waals surface area contributed by atoms with Crippen molar-refractivity contribution in [3.8, 4) is 5.75 Å². The normalized spacial score (nSPS) is 15.6. The first-order chi connectivity index (χ1) is 13.4. The topological polar surface area (TPSA) is 72.9 Å². The Balaban J connectivity index is 1.66. The summed E-state index contributed by atoms with van der Waals surface area (Å²) >= 11 is 6.01. The molecule has 0 bridgehead atoms. The van der Waals surface area contributed by atoms with Gasteiger partial charge in [-0.05, 0) is 48.4 Å². The number of esters is 1. The fourth-order valence-corrected chi connectivity index (χ4v) is 4.25. The second-order valence-corrected chi connectivity index (χ2v) is 8.62. The van der Waals surface area contributed by atoms with Crippen molar-refractivity contribution < 1.29 is 22.7 Å². The van der Waals surface area contributed by atoms with Crippen molar-refractivity contribution in [2.75, 3.05) is 26.3 Å². The highest BCUT2D eigenvalue weighted by atomic mass is 35.5. The van der Waals surface area contributed by atoms with Crippen molar-refractivity contribution in [1.29, 1.82) is 0 Å². The summed E-state index contributed by atoms with van der Waals surface area (Å²) in [5.74, 6) is -0.277. The Kier molecular flexibility index (Phi) is 6.51. The van der Waals surface area contributed by atoms with Crippen LogP contribution in [0, 0.1) is 6.92 Å². The largest absolute Gasteiger partial charge is 0.422 e. The van der Waals surface area contributed by atoms with E-state index in [1.807, 2.05) is 13.0 Å². The first-order valence-corrected chi connectivity index (χ1v) is 10.5. The fourth-order valence-electron chi connectivity index (χ4n) is 2.68. The summed E-state index contributed by atoms with van der Waals surface area (Å²) in [5, 5.41) is 0.352. The van der Waals surface area contributed by atoms with E-state index in [0.29, 0.717) is 42.6 Å². The molecule has 2 aromatic carbocycles. The number of carbonyl (C=O) groups is 1. The molecule has 148 valence electrons. The van der Waals surface area contributed by atoms with Gasteiger partial charge >= 0.3 is 5.97 Å². The minimum atomic E-state index is -3.54. The lowest BCUT2D eigenvalue weighted by Crippen LogP contribution is -2.40. The summed E-state index contributed by atoms with van der Waals surface area (Å²) in [4.78, 5) is 12.2. The van der Waals surface area contributed by atoms with Crippen molar-refractivity contribution >= 4 is 33.7 Å². The molecule has 0 aliphatic carbocycles. The monoisotopic (exact) mass is 421 g/mol. The van der Waals surface area contributed by atoms with Crippen LogP contribution in [0.1, 0.15) is 11.1 Å². The molecule has 0 unspecified atom stereocenters. The molecule has 0 N–H and O–H groups in total. The van der Waals surface area contributed by atoms with Gasteiger partial charge in [0.25, 0.3) is 0 Å². The van der Waals surface area contributed by atoms with E-state index >= 15 is 0 Å². The van der Waals surface area contributed by atoms with Gasteiger partial charge in [0.2, 0.25) is 10.0 Å². The second kappa shape index (κ2) is 8.87. The van der Waals surface area contributed by atoms with Gasteiger partial charge in [0.1, 0.15) is 5.75 Å². The summed E-state index contributed by atoms with van der Waals surface area (Å²) in [6.45, 7) is 3.35. The van der Waals surface area contributed by atoms with Crippen LogP contribution in [-0.4, -0.2) is 45.0 Å².